The van der Waals surface area contributed by atoms with Gasteiger partial charge in [-0.25, -0.2) is 0 Å². The minimum Gasteiger partial charge on any atom is -1.00 e. The first-order valence-corrected chi connectivity index (χ1v) is 23.7. The van der Waals surface area contributed by atoms with Gasteiger partial charge in [-0.1, -0.05) is 0 Å². The van der Waals surface area contributed by atoms with E-state index in [1.807, 2.05) is 10.6 Å². The van der Waals surface area contributed by atoms with Gasteiger partial charge in [0.25, 0.3) is 0 Å². The largest absolute Gasteiger partial charge is 1.00 e. The van der Waals surface area contributed by atoms with Gasteiger partial charge in [-0.15, -0.1) is 0 Å². The molecule has 2 unspecified atom stereocenters. The Kier molecular flexibility index (Phi) is 16.5. The summed E-state index contributed by atoms with van der Waals surface area (Å²) in [6, 6.07) is 19.0. The maximum absolute atomic E-state index is 2.72. The van der Waals surface area contributed by atoms with Gasteiger partial charge in [0.1, 0.15) is 0 Å². The van der Waals surface area contributed by atoms with Crippen LogP contribution < -0.4 is 24.8 Å². The van der Waals surface area contributed by atoms with Crippen LogP contribution in [0.3, 0.4) is 0 Å². The van der Waals surface area contributed by atoms with Gasteiger partial charge >= 0.3 is 269 Å². The van der Waals surface area contributed by atoms with Gasteiger partial charge in [-0.3, -0.25) is 0 Å². The van der Waals surface area contributed by atoms with Crippen LogP contribution in [0.5, 0.6) is 0 Å². The molecule has 2 aromatic rings. The molecule has 0 aromatic heterocycles. The fourth-order valence-corrected chi connectivity index (χ4v) is 25.0. The third kappa shape index (κ3) is 10.1. The van der Waals surface area contributed by atoms with Crippen LogP contribution in [0.15, 0.2) is 59.2 Å². The van der Waals surface area contributed by atoms with Crippen LogP contribution in [0, 0.1) is 0 Å². The number of hydrogen-bond donors (Lipinski definition) is 0. The van der Waals surface area contributed by atoms with Gasteiger partial charge in [-0.2, -0.15) is 0 Å². The SMILES string of the molecule is CCCCCCP(CCCCCC)C1=Cc2ccccc2[CH]1[Hf+2][CH]1C(P(C(C)(C)C)C(C)(C)C)=Cc2ccccc21.[Cl-].[Cl-]. The minimum absolute atomic E-state index is 0. The van der Waals surface area contributed by atoms with Crippen molar-refractivity contribution in [2.45, 2.75) is 124 Å². The predicted molar refractivity (Wildman–Crippen MR) is 186 cm³/mol. The number of unbranched alkanes of at least 4 members (excludes halogenated alkanes) is 6. The molecule has 2 aromatic carbocycles. The van der Waals surface area contributed by atoms with Crippen LogP contribution in [0.25, 0.3) is 12.2 Å². The Morgan fingerprint density at radius 3 is 1.44 bits per heavy atom. The van der Waals surface area contributed by atoms with Crippen LogP contribution in [0.2, 0.25) is 0 Å². The minimum atomic E-state index is -1.22. The molecule has 43 heavy (non-hydrogen) atoms. The molecule has 0 N–H and O–H groups in total. The first-order chi connectivity index (χ1) is 19.6. The van der Waals surface area contributed by atoms with Crippen LogP contribution in [-0.4, -0.2) is 22.6 Å². The Hall–Kier alpha value is 0.230. The molecule has 0 bridgehead atoms. The van der Waals surface area contributed by atoms with E-state index in [0.29, 0.717) is 14.0 Å². The molecule has 0 heterocycles. The Morgan fingerprint density at radius 2 is 1.00 bits per heavy atom. The van der Waals surface area contributed by atoms with E-state index in [1.54, 1.807) is 16.7 Å². The second-order valence-electron chi connectivity index (χ2n) is 14.2. The summed E-state index contributed by atoms with van der Waals surface area (Å²) in [5.41, 5.74) is 6.45. The Bertz CT molecular complexity index is 1180. The summed E-state index contributed by atoms with van der Waals surface area (Å²) in [4.78, 5) is 0. The average Bonchev–Trinajstić information content (AvgIpc) is 3.45. The number of fused-ring (bicyclic) bond motifs is 2. The summed E-state index contributed by atoms with van der Waals surface area (Å²) in [5.74, 6) is 0. The normalized spacial score (nSPS) is 17.5. The van der Waals surface area contributed by atoms with E-state index in [9.17, 15) is 0 Å². The fraction of sp³-hybridized carbons (Fsp3) is 0.579. The third-order valence-corrected chi connectivity index (χ3v) is 23.7. The summed E-state index contributed by atoms with van der Waals surface area (Å²) < 4.78 is 1.47. The zero-order valence-corrected chi connectivity index (χ0v) is 35.0. The molecular weight excluding hydrogens is 768 g/mol. The molecule has 236 valence electrons. The molecule has 2 aliphatic carbocycles. The number of allylic oxidation sites excluding steroid dienone is 2. The van der Waals surface area contributed by atoms with E-state index in [2.05, 4.69) is 116 Å². The molecule has 0 saturated heterocycles. The van der Waals surface area contributed by atoms with E-state index in [-0.39, 0.29) is 40.7 Å². The summed E-state index contributed by atoms with van der Waals surface area (Å²) in [7, 11) is -0.326. The van der Waals surface area contributed by atoms with Crippen molar-refractivity contribution in [1.82, 2.24) is 0 Å². The molecule has 0 spiro atoms. The van der Waals surface area contributed by atoms with E-state index in [4.69, 9.17) is 0 Å². The van der Waals surface area contributed by atoms with Gasteiger partial charge in [-0.05, 0) is 0 Å². The summed E-state index contributed by atoms with van der Waals surface area (Å²) >= 11 is -1.22. The number of hydrogen-bond acceptors (Lipinski definition) is 0. The van der Waals surface area contributed by atoms with E-state index < -0.39 is 22.9 Å². The van der Waals surface area contributed by atoms with E-state index in [0.717, 1.165) is 3.67 Å². The predicted octanol–water partition coefficient (Wildman–Crippen LogP) is 6.99. The summed E-state index contributed by atoms with van der Waals surface area (Å²) in [5, 5.41) is 4.36. The number of rotatable bonds is 14. The van der Waals surface area contributed by atoms with Crippen molar-refractivity contribution in [3.63, 3.8) is 0 Å². The molecular formula is C38H56Cl2HfP2. The van der Waals surface area contributed by atoms with Crippen molar-refractivity contribution >= 4 is 28.0 Å². The second kappa shape index (κ2) is 18.0. The zero-order valence-electron chi connectivity index (χ0n) is 28.1. The second-order valence-corrected chi connectivity index (χ2v) is 25.9. The number of halogens is 2. The van der Waals surface area contributed by atoms with Crippen LogP contribution in [0.4, 0.5) is 0 Å². The first kappa shape index (κ1) is 39.4. The molecule has 0 fully saturated rings. The summed E-state index contributed by atoms with van der Waals surface area (Å²) in [6.45, 7) is 19.8. The van der Waals surface area contributed by atoms with Crippen LogP contribution in [0.1, 0.15) is 136 Å². The van der Waals surface area contributed by atoms with Crippen LogP contribution in [-0.2, 0) is 22.9 Å². The fourth-order valence-electron chi connectivity index (χ4n) is 7.21. The van der Waals surface area contributed by atoms with Crippen molar-refractivity contribution in [2.75, 3.05) is 12.3 Å². The zero-order chi connectivity index (χ0) is 29.6. The van der Waals surface area contributed by atoms with Crippen molar-refractivity contribution in [2.24, 2.45) is 0 Å². The third-order valence-electron chi connectivity index (χ3n) is 8.67. The van der Waals surface area contributed by atoms with E-state index in [1.165, 1.54) is 69.3 Å². The van der Waals surface area contributed by atoms with Crippen molar-refractivity contribution < 1.29 is 47.7 Å². The Morgan fingerprint density at radius 1 is 0.581 bits per heavy atom. The Labute approximate surface area is 291 Å². The molecule has 0 nitrogen and oxygen atoms in total. The molecule has 5 heteroatoms. The molecule has 4 rings (SSSR count). The van der Waals surface area contributed by atoms with Crippen molar-refractivity contribution in [3.8, 4) is 0 Å². The van der Waals surface area contributed by atoms with Gasteiger partial charge in [0, 0.05) is 0 Å². The molecule has 0 saturated carbocycles. The topological polar surface area (TPSA) is 0 Å². The maximum atomic E-state index is 2.72. The van der Waals surface area contributed by atoms with Crippen molar-refractivity contribution in [3.05, 3.63) is 81.4 Å². The molecule has 0 radical (unpaired) electrons. The number of benzene rings is 2. The quantitative estimate of drug-likeness (QED) is 0.110. The molecule has 0 aliphatic heterocycles. The monoisotopic (exact) mass is 824 g/mol. The summed E-state index contributed by atoms with van der Waals surface area (Å²) in [6.07, 6.45) is 19.5. The van der Waals surface area contributed by atoms with Crippen molar-refractivity contribution in [1.29, 1.82) is 0 Å². The van der Waals surface area contributed by atoms with Gasteiger partial charge in [0.15, 0.2) is 0 Å². The maximum Gasteiger partial charge on any atom is -1.00 e. The smallest absolute Gasteiger partial charge is 1.00 e. The standard InChI is InChI=1S/C21H32P.C17H24P.2ClH.Hf/c1-3-5-7-11-15-22(16-12-8-6-4-2)21-17-19-13-9-10-14-20(19)18-21;1-16(2,3)18(17(4,5)6)15-11-13-9-7-8-10-14(13)12-15;;;/h9-10,13-14,17-18H,3-8,11-12,15-16H2,1-2H3;7-12H,1-6H3;2*1H;/q;;;;+2/p-2. The van der Waals surface area contributed by atoms with Gasteiger partial charge in [0.05, 0.1) is 0 Å². The average molecular weight is 824 g/mol. The first-order valence-electron chi connectivity index (χ1n) is 16.5. The molecule has 2 aliphatic rings. The Balaban J connectivity index is 0.00000323. The van der Waals surface area contributed by atoms with E-state index >= 15 is 0 Å². The van der Waals surface area contributed by atoms with Gasteiger partial charge in [0.2, 0.25) is 0 Å². The molecule has 2 atom stereocenters. The van der Waals surface area contributed by atoms with Crippen LogP contribution >= 0.6 is 15.8 Å². The molecule has 0 amide bonds. The van der Waals surface area contributed by atoms with Gasteiger partial charge < -0.3 is 24.8 Å².